The van der Waals surface area contributed by atoms with Crippen LogP contribution in [0.3, 0.4) is 0 Å². The third kappa shape index (κ3) is 2.77. The summed E-state index contributed by atoms with van der Waals surface area (Å²) < 4.78 is 5.68. The molecule has 0 fully saturated rings. The molecule has 2 aromatic rings. The second kappa shape index (κ2) is 6.10. The van der Waals surface area contributed by atoms with E-state index in [1.165, 1.54) is 11.1 Å². The molecule has 1 N–H and O–H groups in total. The Morgan fingerprint density at radius 3 is 2.86 bits per heavy atom. The maximum atomic E-state index is 12.3. The van der Waals surface area contributed by atoms with Gasteiger partial charge in [0.25, 0.3) is 0 Å². The average molecular weight is 296 g/mol. The topological polar surface area (TPSA) is 41.6 Å². The Labute approximate surface area is 130 Å². The van der Waals surface area contributed by atoms with Crippen molar-refractivity contribution in [2.45, 2.75) is 20.3 Å². The van der Waals surface area contributed by atoms with Gasteiger partial charge in [0.2, 0.25) is 0 Å². The van der Waals surface area contributed by atoms with Crippen LogP contribution in [-0.2, 0) is 6.42 Å². The zero-order valence-corrected chi connectivity index (χ0v) is 12.9. The second-order valence-corrected chi connectivity index (χ2v) is 5.50. The number of carbonyl (C=O) groups is 1. The largest absolute Gasteiger partial charge is 0.473 e. The molecule has 1 heterocycles. The van der Waals surface area contributed by atoms with Crippen molar-refractivity contribution in [1.82, 2.24) is 5.32 Å². The number of hydrogen-bond acceptors (Lipinski definition) is 2. The highest BCUT2D eigenvalue weighted by Crippen LogP contribution is 2.27. The second-order valence-electron chi connectivity index (χ2n) is 5.50. The summed E-state index contributed by atoms with van der Waals surface area (Å²) in [5.41, 5.74) is 4.49. The van der Waals surface area contributed by atoms with Crippen molar-refractivity contribution in [3.63, 3.8) is 0 Å². The van der Waals surface area contributed by atoms with Gasteiger partial charge in [0.15, 0.2) is 6.73 Å². The number of anilines is 1. The third-order valence-corrected chi connectivity index (χ3v) is 4.14. The number of amides is 2. The van der Waals surface area contributed by atoms with Gasteiger partial charge in [0.1, 0.15) is 5.75 Å². The number of urea groups is 1. The lowest BCUT2D eigenvalue weighted by Crippen LogP contribution is -2.40. The van der Waals surface area contributed by atoms with Gasteiger partial charge in [-0.1, -0.05) is 30.3 Å². The van der Waals surface area contributed by atoms with Crippen molar-refractivity contribution in [3.05, 3.63) is 59.2 Å². The van der Waals surface area contributed by atoms with E-state index in [4.69, 9.17) is 4.74 Å². The van der Waals surface area contributed by atoms with Crippen LogP contribution in [0.5, 0.6) is 5.75 Å². The molecule has 0 unspecified atom stereocenters. The minimum absolute atomic E-state index is 0.116. The predicted molar refractivity (Wildman–Crippen MR) is 87.4 cm³/mol. The van der Waals surface area contributed by atoms with Crippen LogP contribution in [0.1, 0.15) is 16.7 Å². The summed E-state index contributed by atoms with van der Waals surface area (Å²) in [4.78, 5) is 14.1. The number of para-hydroxylation sites is 1. The first kappa shape index (κ1) is 14.4. The van der Waals surface area contributed by atoms with Crippen LogP contribution >= 0.6 is 0 Å². The van der Waals surface area contributed by atoms with Gasteiger partial charge in [-0.3, -0.25) is 4.90 Å². The molecule has 0 saturated heterocycles. The summed E-state index contributed by atoms with van der Waals surface area (Å²) in [6, 6.07) is 13.8. The summed E-state index contributed by atoms with van der Waals surface area (Å²) in [6.07, 6.45) is 0.904. The molecule has 0 saturated carbocycles. The van der Waals surface area contributed by atoms with Crippen LogP contribution in [0, 0.1) is 13.8 Å². The fraction of sp³-hybridized carbons (Fsp3) is 0.278. The summed E-state index contributed by atoms with van der Waals surface area (Å²) in [6.45, 7) is 4.95. The van der Waals surface area contributed by atoms with Gasteiger partial charge in [-0.2, -0.15) is 0 Å². The van der Waals surface area contributed by atoms with Crippen molar-refractivity contribution in [2.24, 2.45) is 0 Å². The van der Waals surface area contributed by atoms with E-state index in [-0.39, 0.29) is 12.8 Å². The maximum Gasteiger partial charge on any atom is 0.324 e. The van der Waals surface area contributed by atoms with Crippen LogP contribution in [0.15, 0.2) is 42.5 Å². The van der Waals surface area contributed by atoms with E-state index >= 15 is 0 Å². The van der Waals surface area contributed by atoms with Crippen LogP contribution < -0.4 is 15.0 Å². The molecule has 4 heteroatoms. The maximum absolute atomic E-state index is 12.3. The van der Waals surface area contributed by atoms with E-state index < -0.39 is 0 Å². The van der Waals surface area contributed by atoms with Gasteiger partial charge in [0.05, 0.1) is 0 Å². The van der Waals surface area contributed by atoms with E-state index in [0.717, 1.165) is 23.4 Å². The number of fused-ring (bicyclic) bond motifs is 1. The molecule has 1 aliphatic rings. The fourth-order valence-corrected chi connectivity index (χ4v) is 2.70. The molecular formula is C18H20N2O2. The third-order valence-electron chi connectivity index (χ3n) is 4.14. The lowest BCUT2D eigenvalue weighted by atomic mass is 10.1. The average Bonchev–Trinajstić information content (AvgIpc) is 2.95. The van der Waals surface area contributed by atoms with Crippen molar-refractivity contribution in [1.29, 1.82) is 0 Å². The molecule has 114 valence electrons. The first-order valence-corrected chi connectivity index (χ1v) is 7.49. The van der Waals surface area contributed by atoms with E-state index in [1.807, 2.05) is 50.2 Å². The fourth-order valence-electron chi connectivity index (χ4n) is 2.70. The Morgan fingerprint density at radius 2 is 2.00 bits per heavy atom. The first-order chi connectivity index (χ1) is 10.7. The number of rotatable bonds is 3. The lowest BCUT2D eigenvalue weighted by molar-refractivity contribution is 0.229. The summed E-state index contributed by atoms with van der Waals surface area (Å²) in [7, 11) is 0. The number of ether oxygens (including phenoxy) is 1. The van der Waals surface area contributed by atoms with Gasteiger partial charge in [-0.25, -0.2) is 4.79 Å². The number of hydrogen-bond donors (Lipinski definition) is 1. The number of nitrogens with one attached hydrogen (secondary N) is 1. The first-order valence-electron chi connectivity index (χ1n) is 7.49. The molecule has 0 radical (unpaired) electrons. The lowest BCUT2D eigenvalue weighted by Gasteiger charge is -2.18. The number of nitrogens with zero attached hydrogens (tertiary/aromatic N) is 1. The molecule has 22 heavy (non-hydrogen) atoms. The molecule has 0 spiro atoms. The van der Waals surface area contributed by atoms with Gasteiger partial charge in [-0.15, -0.1) is 0 Å². The minimum atomic E-state index is -0.116. The number of carbonyl (C=O) groups excluding carboxylic acids is 1. The van der Waals surface area contributed by atoms with Crippen molar-refractivity contribution >= 4 is 11.7 Å². The molecule has 4 nitrogen and oxygen atoms in total. The minimum Gasteiger partial charge on any atom is -0.473 e. The van der Waals surface area contributed by atoms with Crippen LogP contribution in [0.4, 0.5) is 10.5 Å². The van der Waals surface area contributed by atoms with Gasteiger partial charge >= 0.3 is 6.03 Å². The Hall–Kier alpha value is -2.49. The van der Waals surface area contributed by atoms with Crippen molar-refractivity contribution in [2.75, 3.05) is 18.2 Å². The van der Waals surface area contributed by atoms with Crippen molar-refractivity contribution < 1.29 is 9.53 Å². The SMILES string of the molecule is Cc1cccc(OCNC(=O)N2CCc3ccccc32)c1C. The highest BCUT2D eigenvalue weighted by atomic mass is 16.5. The zero-order valence-electron chi connectivity index (χ0n) is 12.9. The highest BCUT2D eigenvalue weighted by molar-refractivity contribution is 5.94. The van der Waals surface area contributed by atoms with Gasteiger partial charge in [0, 0.05) is 12.2 Å². The smallest absolute Gasteiger partial charge is 0.324 e. The summed E-state index contributed by atoms with van der Waals surface area (Å²) >= 11 is 0. The molecule has 0 aromatic heterocycles. The van der Waals surface area contributed by atoms with Gasteiger partial charge in [-0.05, 0) is 49.1 Å². The van der Waals surface area contributed by atoms with E-state index in [1.54, 1.807) is 4.90 Å². The van der Waals surface area contributed by atoms with Crippen molar-refractivity contribution in [3.8, 4) is 5.75 Å². The molecule has 2 aromatic carbocycles. The summed E-state index contributed by atoms with van der Waals surface area (Å²) in [5, 5.41) is 2.83. The molecular weight excluding hydrogens is 276 g/mol. The normalized spacial score (nSPS) is 12.9. The molecule has 0 atom stereocenters. The molecule has 1 aliphatic heterocycles. The van der Waals surface area contributed by atoms with Crippen LogP contribution in [-0.4, -0.2) is 19.3 Å². The van der Waals surface area contributed by atoms with E-state index in [9.17, 15) is 4.79 Å². The quantitative estimate of drug-likeness (QED) is 0.882. The van der Waals surface area contributed by atoms with Gasteiger partial charge < -0.3 is 10.1 Å². The van der Waals surface area contributed by atoms with Crippen LogP contribution in [0.2, 0.25) is 0 Å². The highest BCUT2D eigenvalue weighted by Gasteiger charge is 2.23. The molecule has 0 aliphatic carbocycles. The molecule has 0 bridgehead atoms. The molecule has 3 rings (SSSR count). The molecule has 2 amide bonds. The van der Waals surface area contributed by atoms with E-state index in [0.29, 0.717) is 6.54 Å². The Balaban J connectivity index is 1.59. The standard InChI is InChI=1S/C18H20N2O2/c1-13-6-5-9-17(14(13)2)22-12-19-18(21)20-11-10-15-7-3-4-8-16(15)20/h3-9H,10-12H2,1-2H3,(H,19,21). The Kier molecular flexibility index (Phi) is 4.00. The number of aryl methyl sites for hydroxylation is 1. The summed E-state index contributed by atoms with van der Waals surface area (Å²) in [5.74, 6) is 0.808. The number of benzene rings is 2. The Bertz CT molecular complexity index is 697. The van der Waals surface area contributed by atoms with Crippen LogP contribution in [0.25, 0.3) is 0 Å². The van der Waals surface area contributed by atoms with E-state index in [2.05, 4.69) is 11.4 Å². The Morgan fingerprint density at radius 1 is 1.18 bits per heavy atom. The predicted octanol–water partition coefficient (Wildman–Crippen LogP) is 3.41. The zero-order chi connectivity index (χ0) is 15.5. The monoisotopic (exact) mass is 296 g/mol.